The van der Waals surface area contributed by atoms with Crippen molar-refractivity contribution in [3.8, 4) is 0 Å². The second-order valence-electron chi connectivity index (χ2n) is 6.44. The van der Waals surface area contributed by atoms with Gasteiger partial charge in [0.15, 0.2) is 5.17 Å². The van der Waals surface area contributed by atoms with Crippen LogP contribution in [0.15, 0.2) is 64.6 Å². The maximum Gasteiger partial charge on any atom is 0.323 e. The average molecular weight is 391 g/mol. The smallest absolute Gasteiger partial charge is 0.323 e. The van der Waals surface area contributed by atoms with Crippen LogP contribution in [0.4, 0.5) is 5.69 Å². The summed E-state index contributed by atoms with van der Waals surface area (Å²) in [5.74, 6) is -1.13. The summed E-state index contributed by atoms with van der Waals surface area (Å²) in [5.41, 5.74) is 3.53. The van der Waals surface area contributed by atoms with Gasteiger partial charge in [-0.3, -0.25) is 9.59 Å². The number of aliphatic carboxylic acids is 1. The molecule has 1 amide bonds. The Labute approximate surface area is 165 Å². The van der Waals surface area contributed by atoms with E-state index in [9.17, 15) is 9.59 Å². The summed E-state index contributed by atoms with van der Waals surface area (Å²) in [6.45, 7) is 1.87. The molecule has 2 aromatic carbocycles. The molecule has 2 N–H and O–H groups in total. The summed E-state index contributed by atoms with van der Waals surface area (Å²) >= 11 is 1.27. The second kappa shape index (κ2) is 7.36. The van der Waals surface area contributed by atoms with Gasteiger partial charge in [0.05, 0.1) is 10.6 Å². The fourth-order valence-corrected chi connectivity index (χ4v) is 3.86. The van der Waals surface area contributed by atoms with Crippen molar-refractivity contribution < 1.29 is 14.7 Å². The number of para-hydroxylation sites is 1. The van der Waals surface area contributed by atoms with Crippen molar-refractivity contribution in [1.82, 2.24) is 9.88 Å². The molecule has 0 spiro atoms. The van der Waals surface area contributed by atoms with E-state index in [1.54, 1.807) is 16.8 Å². The molecular formula is C21H17N3O3S. The molecule has 1 fully saturated rings. The highest BCUT2D eigenvalue weighted by molar-refractivity contribution is 8.18. The second-order valence-corrected chi connectivity index (χ2v) is 7.47. The number of aliphatic imine (C=N–C) groups is 1. The molecule has 6 nitrogen and oxygen atoms in total. The third-order valence-electron chi connectivity index (χ3n) is 4.33. The first-order valence-corrected chi connectivity index (χ1v) is 9.47. The van der Waals surface area contributed by atoms with Crippen LogP contribution in [-0.4, -0.2) is 26.7 Å². The molecule has 0 unspecified atom stereocenters. The Hall–Kier alpha value is -3.32. The lowest BCUT2D eigenvalue weighted by atomic mass is 10.1. The zero-order valence-corrected chi connectivity index (χ0v) is 15.9. The minimum Gasteiger partial charge on any atom is -0.480 e. The summed E-state index contributed by atoms with van der Waals surface area (Å²) in [5, 5.41) is 13.3. The lowest BCUT2D eigenvalue weighted by Crippen LogP contribution is -2.19. The first-order chi connectivity index (χ1) is 13.5. The molecule has 1 aromatic heterocycles. The van der Waals surface area contributed by atoms with Crippen LogP contribution in [0.5, 0.6) is 0 Å². The number of nitrogens with zero attached hydrogens (tertiary/aromatic N) is 2. The van der Waals surface area contributed by atoms with Gasteiger partial charge in [-0.1, -0.05) is 35.9 Å². The maximum atomic E-state index is 12.4. The molecule has 28 heavy (non-hydrogen) atoms. The minimum absolute atomic E-state index is 0.136. The van der Waals surface area contributed by atoms with Crippen LogP contribution in [0.1, 0.15) is 11.1 Å². The van der Waals surface area contributed by atoms with Crippen molar-refractivity contribution in [2.24, 2.45) is 4.99 Å². The number of benzene rings is 2. The number of fused-ring (bicyclic) bond motifs is 1. The van der Waals surface area contributed by atoms with Gasteiger partial charge < -0.3 is 15.0 Å². The lowest BCUT2D eigenvalue weighted by Gasteiger charge is -1.99. The molecule has 0 bridgehead atoms. The Morgan fingerprint density at radius 1 is 1.21 bits per heavy atom. The van der Waals surface area contributed by atoms with E-state index in [1.807, 2.05) is 55.5 Å². The van der Waals surface area contributed by atoms with Gasteiger partial charge in [-0.15, -0.1) is 0 Å². The number of thioether (sulfide) groups is 1. The van der Waals surface area contributed by atoms with Crippen molar-refractivity contribution in [1.29, 1.82) is 0 Å². The summed E-state index contributed by atoms with van der Waals surface area (Å²) in [6, 6.07) is 15.3. The normalized spacial score (nSPS) is 16.8. The van der Waals surface area contributed by atoms with Crippen LogP contribution in [0.3, 0.4) is 0 Å². The molecule has 1 saturated heterocycles. The molecule has 1 aliphatic heterocycles. The summed E-state index contributed by atoms with van der Waals surface area (Å²) in [6.07, 6.45) is 3.53. The highest BCUT2D eigenvalue weighted by Gasteiger charge is 2.24. The Bertz CT molecular complexity index is 1140. The number of amides is 1. The van der Waals surface area contributed by atoms with E-state index in [0.717, 1.165) is 27.7 Å². The fraction of sp³-hybridized carbons (Fsp3) is 0.0952. The predicted octanol–water partition coefficient (Wildman–Crippen LogP) is 3.93. The monoisotopic (exact) mass is 391 g/mol. The van der Waals surface area contributed by atoms with Crippen LogP contribution < -0.4 is 5.32 Å². The van der Waals surface area contributed by atoms with E-state index < -0.39 is 5.97 Å². The lowest BCUT2D eigenvalue weighted by molar-refractivity contribution is -0.137. The van der Waals surface area contributed by atoms with Crippen LogP contribution in [-0.2, 0) is 16.1 Å². The van der Waals surface area contributed by atoms with E-state index in [0.29, 0.717) is 10.1 Å². The summed E-state index contributed by atoms with van der Waals surface area (Å²) in [7, 11) is 0. The number of rotatable bonds is 4. The van der Waals surface area contributed by atoms with Crippen molar-refractivity contribution >= 4 is 51.5 Å². The average Bonchev–Trinajstić information content (AvgIpc) is 3.18. The molecule has 0 atom stereocenters. The van der Waals surface area contributed by atoms with Crippen molar-refractivity contribution in [2.75, 3.05) is 0 Å². The fourth-order valence-electron chi connectivity index (χ4n) is 3.03. The number of carbonyl (C=O) groups excluding carboxylic acids is 1. The SMILES string of the molecule is Cc1ccc(N=C2NC(=O)/C(=C\c3cn(CC(=O)O)c4ccccc34)S2)cc1. The molecule has 0 aliphatic carbocycles. The maximum absolute atomic E-state index is 12.4. The van der Waals surface area contributed by atoms with Crippen molar-refractivity contribution in [2.45, 2.75) is 13.5 Å². The molecular weight excluding hydrogens is 374 g/mol. The third kappa shape index (κ3) is 3.70. The van der Waals surface area contributed by atoms with Gasteiger partial charge in [0, 0.05) is 22.7 Å². The predicted molar refractivity (Wildman–Crippen MR) is 112 cm³/mol. The molecule has 0 radical (unpaired) electrons. The molecule has 1 aliphatic rings. The van der Waals surface area contributed by atoms with Crippen LogP contribution in [0.25, 0.3) is 17.0 Å². The van der Waals surface area contributed by atoms with E-state index in [-0.39, 0.29) is 12.5 Å². The summed E-state index contributed by atoms with van der Waals surface area (Å²) in [4.78, 5) is 28.5. The molecule has 4 rings (SSSR count). The van der Waals surface area contributed by atoms with Crippen molar-refractivity contribution in [3.05, 3.63) is 70.8 Å². The molecule has 140 valence electrons. The first kappa shape index (κ1) is 18.1. The zero-order chi connectivity index (χ0) is 19.7. The van der Waals surface area contributed by atoms with Gasteiger partial charge in [-0.05, 0) is 43.0 Å². The topological polar surface area (TPSA) is 83.7 Å². The number of hydrogen-bond donors (Lipinski definition) is 2. The van der Waals surface area contributed by atoms with Gasteiger partial charge in [-0.2, -0.15) is 0 Å². The number of aryl methyl sites for hydroxylation is 1. The van der Waals surface area contributed by atoms with Crippen LogP contribution in [0, 0.1) is 6.92 Å². The van der Waals surface area contributed by atoms with Gasteiger partial charge in [0.1, 0.15) is 6.54 Å². The van der Waals surface area contributed by atoms with Crippen LogP contribution >= 0.6 is 11.8 Å². The highest BCUT2D eigenvalue weighted by atomic mass is 32.2. The number of carboxylic acid groups (broad SMARTS) is 1. The zero-order valence-electron chi connectivity index (χ0n) is 15.0. The summed E-state index contributed by atoms with van der Waals surface area (Å²) < 4.78 is 1.67. The van der Waals surface area contributed by atoms with E-state index in [1.165, 1.54) is 11.8 Å². The Kier molecular flexibility index (Phi) is 4.75. The van der Waals surface area contributed by atoms with Gasteiger partial charge in [0.2, 0.25) is 0 Å². The minimum atomic E-state index is -0.916. The van der Waals surface area contributed by atoms with E-state index >= 15 is 0 Å². The molecule has 7 heteroatoms. The number of aromatic nitrogens is 1. The quantitative estimate of drug-likeness (QED) is 0.660. The largest absolute Gasteiger partial charge is 0.480 e. The van der Waals surface area contributed by atoms with E-state index in [4.69, 9.17) is 5.11 Å². The number of hydrogen-bond acceptors (Lipinski definition) is 4. The molecule has 3 aromatic rings. The molecule has 0 saturated carbocycles. The van der Waals surface area contributed by atoms with Crippen molar-refractivity contribution in [3.63, 3.8) is 0 Å². The Morgan fingerprint density at radius 2 is 1.96 bits per heavy atom. The van der Waals surface area contributed by atoms with Gasteiger partial charge >= 0.3 is 5.97 Å². The number of carboxylic acids is 1. The Balaban J connectivity index is 1.67. The number of amidine groups is 1. The number of nitrogens with one attached hydrogen (secondary N) is 1. The standard InChI is InChI=1S/C21H17N3O3S/c1-13-6-8-15(9-7-13)22-21-23-20(27)18(28-21)10-14-11-24(12-19(25)26)17-5-3-2-4-16(14)17/h2-11H,12H2,1H3,(H,25,26)(H,22,23,27)/b18-10+. The first-order valence-electron chi connectivity index (χ1n) is 8.65. The number of carbonyl (C=O) groups is 2. The molecule has 2 heterocycles. The van der Waals surface area contributed by atoms with Gasteiger partial charge in [-0.25, -0.2) is 4.99 Å². The Morgan fingerprint density at radius 3 is 2.71 bits per heavy atom. The van der Waals surface area contributed by atoms with E-state index in [2.05, 4.69) is 10.3 Å². The van der Waals surface area contributed by atoms with Crippen LogP contribution in [0.2, 0.25) is 0 Å². The third-order valence-corrected chi connectivity index (χ3v) is 5.24. The highest BCUT2D eigenvalue weighted by Crippen LogP contribution is 2.31. The van der Waals surface area contributed by atoms with Gasteiger partial charge in [0.25, 0.3) is 5.91 Å².